The molecule has 1 aromatic carbocycles. The molecule has 1 unspecified atom stereocenters. The number of carbonyl (C=O) groups is 1. The van der Waals surface area contributed by atoms with E-state index in [2.05, 4.69) is 25.1 Å². The fraction of sp³-hybridized carbons (Fsp3) is 0.238. The number of rotatable bonds is 5. The van der Waals surface area contributed by atoms with Crippen molar-refractivity contribution in [2.75, 3.05) is 5.32 Å². The Bertz CT molecular complexity index is 1040. The van der Waals surface area contributed by atoms with Crippen LogP contribution in [0.25, 0.3) is 0 Å². The van der Waals surface area contributed by atoms with Crippen LogP contribution in [0.2, 0.25) is 5.02 Å². The Morgan fingerprint density at radius 3 is 2.67 bits per heavy atom. The second-order valence-electron chi connectivity index (χ2n) is 7.15. The molecule has 30 heavy (non-hydrogen) atoms. The van der Waals surface area contributed by atoms with Crippen molar-refractivity contribution in [3.8, 4) is 11.5 Å². The maximum absolute atomic E-state index is 13.3. The molecule has 6 nitrogen and oxygen atoms in total. The molecule has 2 heterocycles. The zero-order valence-electron chi connectivity index (χ0n) is 15.9. The first-order valence-electron chi connectivity index (χ1n) is 9.18. The number of allylic oxidation sites excluding steroid dienone is 2. The number of fused-ring (bicyclic) bond motifs is 1. The molecule has 4 rings (SSSR count). The van der Waals surface area contributed by atoms with E-state index < -0.39 is 17.7 Å². The first-order valence-corrected chi connectivity index (χ1v) is 9.55. The number of nitrogens with zero attached hydrogens (tertiary/aromatic N) is 1. The summed E-state index contributed by atoms with van der Waals surface area (Å²) in [5.41, 5.74) is 1.02. The minimum absolute atomic E-state index is 0.0572. The van der Waals surface area contributed by atoms with Crippen LogP contribution in [0.5, 0.6) is 11.5 Å². The number of carbonyl (C=O) groups excluding carboxylic acids is 1. The van der Waals surface area contributed by atoms with Crippen molar-refractivity contribution >= 4 is 23.2 Å². The Labute approximate surface area is 176 Å². The van der Waals surface area contributed by atoms with Gasteiger partial charge in [0.25, 0.3) is 5.91 Å². The van der Waals surface area contributed by atoms with Gasteiger partial charge in [-0.25, -0.2) is 0 Å². The van der Waals surface area contributed by atoms with Gasteiger partial charge >= 0.3 is 6.29 Å². The Balaban J connectivity index is 1.52. The molecule has 0 radical (unpaired) electrons. The molecule has 2 N–H and O–H groups in total. The third kappa shape index (κ3) is 4.15. The van der Waals surface area contributed by atoms with Crippen LogP contribution >= 0.6 is 11.6 Å². The molecule has 0 spiro atoms. The molecule has 1 aliphatic heterocycles. The normalized spacial score (nSPS) is 21.3. The maximum Gasteiger partial charge on any atom is 0.586 e. The van der Waals surface area contributed by atoms with E-state index in [1.54, 1.807) is 24.5 Å². The molecule has 1 atom stereocenters. The topological polar surface area (TPSA) is 72.5 Å². The highest BCUT2D eigenvalue weighted by atomic mass is 35.5. The Hall–Kier alpha value is -2.97. The van der Waals surface area contributed by atoms with Crippen LogP contribution in [0.1, 0.15) is 18.9 Å². The summed E-state index contributed by atoms with van der Waals surface area (Å²) in [6.07, 6.45) is 5.72. The number of benzene rings is 1. The lowest BCUT2D eigenvalue weighted by Gasteiger charge is -2.34. The molecule has 1 amide bonds. The fourth-order valence-corrected chi connectivity index (χ4v) is 3.51. The van der Waals surface area contributed by atoms with Crippen molar-refractivity contribution < 1.29 is 23.0 Å². The van der Waals surface area contributed by atoms with Crippen molar-refractivity contribution in [1.82, 2.24) is 10.3 Å². The number of halogens is 3. The first-order chi connectivity index (χ1) is 14.3. The zero-order valence-corrected chi connectivity index (χ0v) is 16.7. The Kier molecular flexibility index (Phi) is 5.21. The molecule has 0 fully saturated rings. The second kappa shape index (κ2) is 7.70. The lowest BCUT2D eigenvalue weighted by atomic mass is 9.84. The number of ether oxygens (including phenoxy) is 2. The van der Waals surface area contributed by atoms with E-state index in [0.29, 0.717) is 18.5 Å². The Morgan fingerprint density at radius 1 is 1.23 bits per heavy atom. The summed E-state index contributed by atoms with van der Waals surface area (Å²) in [6, 6.07) is 6.18. The van der Waals surface area contributed by atoms with E-state index in [1.807, 2.05) is 25.1 Å². The van der Waals surface area contributed by atoms with E-state index in [-0.39, 0.29) is 22.2 Å². The van der Waals surface area contributed by atoms with Gasteiger partial charge in [0.05, 0.1) is 10.7 Å². The van der Waals surface area contributed by atoms with Gasteiger partial charge in [0.15, 0.2) is 11.5 Å². The van der Waals surface area contributed by atoms with Gasteiger partial charge in [0.1, 0.15) is 0 Å². The first kappa shape index (κ1) is 20.3. The van der Waals surface area contributed by atoms with Crippen molar-refractivity contribution in [2.45, 2.75) is 31.7 Å². The van der Waals surface area contributed by atoms with Gasteiger partial charge in [-0.05, 0) is 31.0 Å². The number of hydrogen-bond acceptors (Lipinski definition) is 5. The summed E-state index contributed by atoms with van der Waals surface area (Å²) in [4.78, 5) is 17.0. The maximum atomic E-state index is 13.3. The van der Waals surface area contributed by atoms with Crippen molar-refractivity contribution in [3.63, 3.8) is 0 Å². The van der Waals surface area contributed by atoms with E-state index >= 15 is 0 Å². The molecular formula is C21H18ClF2N3O3. The third-order valence-corrected chi connectivity index (χ3v) is 5.25. The molecule has 1 aliphatic carbocycles. The highest BCUT2D eigenvalue weighted by molar-refractivity contribution is 6.34. The lowest BCUT2D eigenvalue weighted by Crippen LogP contribution is -2.47. The van der Waals surface area contributed by atoms with Gasteiger partial charge in [-0.3, -0.25) is 9.78 Å². The molecule has 2 aliphatic rings. The second-order valence-corrected chi connectivity index (χ2v) is 7.56. The van der Waals surface area contributed by atoms with Crippen molar-refractivity contribution in [1.29, 1.82) is 0 Å². The van der Waals surface area contributed by atoms with E-state index in [0.717, 1.165) is 5.56 Å². The van der Waals surface area contributed by atoms with Gasteiger partial charge in [-0.2, -0.15) is 0 Å². The number of hydrogen-bond donors (Lipinski definition) is 2. The standard InChI is InChI=1S/C21H18ClF2N3O3/c1-20(26-12-13-5-8-25-9-6-13)7-3-2-4-14(20)19(28)27-16-11-18-17(10-15(16)22)29-21(23,24)30-18/h2-6,8-11,26H,7,12H2,1H3,(H,27,28). The highest BCUT2D eigenvalue weighted by Gasteiger charge is 2.44. The molecule has 2 aromatic rings. The van der Waals surface area contributed by atoms with E-state index in [9.17, 15) is 13.6 Å². The van der Waals surface area contributed by atoms with E-state index in [1.165, 1.54) is 12.1 Å². The Morgan fingerprint density at radius 2 is 1.93 bits per heavy atom. The third-order valence-electron chi connectivity index (χ3n) is 4.94. The summed E-state index contributed by atoms with van der Waals surface area (Å²) in [5.74, 6) is -0.793. The van der Waals surface area contributed by atoms with Crippen LogP contribution in [0.4, 0.5) is 14.5 Å². The summed E-state index contributed by atoms with van der Waals surface area (Å²) >= 11 is 6.15. The fourth-order valence-electron chi connectivity index (χ4n) is 3.31. The van der Waals surface area contributed by atoms with Crippen LogP contribution in [-0.2, 0) is 11.3 Å². The number of amides is 1. The number of nitrogens with one attached hydrogen (secondary N) is 2. The van der Waals surface area contributed by atoms with E-state index in [4.69, 9.17) is 11.6 Å². The summed E-state index contributed by atoms with van der Waals surface area (Å²) in [7, 11) is 0. The number of alkyl halides is 2. The van der Waals surface area contributed by atoms with Gasteiger partial charge in [0.2, 0.25) is 0 Å². The van der Waals surface area contributed by atoms with Crippen molar-refractivity contribution in [3.05, 3.63) is 71.0 Å². The van der Waals surface area contributed by atoms with Crippen LogP contribution in [0.3, 0.4) is 0 Å². The summed E-state index contributed by atoms with van der Waals surface area (Å²) in [5, 5.41) is 6.16. The number of anilines is 1. The molecule has 9 heteroatoms. The minimum atomic E-state index is -3.76. The molecule has 0 bridgehead atoms. The van der Waals surface area contributed by atoms with Gasteiger partial charge < -0.3 is 20.1 Å². The minimum Gasteiger partial charge on any atom is -0.395 e. The monoisotopic (exact) mass is 433 g/mol. The van der Waals surface area contributed by atoms with Crippen LogP contribution < -0.4 is 20.1 Å². The SMILES string of the molecule is CC1(NCc2ccncc2)CC=CC=C1C(=O)Nc1cc2c(cc1Cl)OC(F)(F)O2. The largest absolute Gasteiger partial charge is 0.586 e. The van der Waals surface area contributed by atoms with Gasteiger partial charge in [0, 0.05) is 42.2 Å². The van der Waals surface area contributed by atoms with Gasteiger partial charge in [-0.15, -0.1) is 8.78 Å². The number of aromatic nitrogens is 1. The molecule has 0 saturated carbocycles. The van der Waals surface area contributed by atoms with Crippen LogP contribution in [0, 0.1) is 0 Å². The zero-order chi connectivity index (χ0) is 21.4. The summed E-state index contributed by atoms with van der Waals surface area (Å²) < 4.78 is 35.4. The average Bonchev–Trinajstić information content (AvgIpc) is 3.00. The molecule has 1 aromatic heterocycles. The van der Waals surface area contributed by atoms with Gasteiger partial charge in [-0.1, -0.05) is 29.8 Å². The van der Waals surface area contributed by atoms with Crippen LogP contribution in [-0.4, -0.2) is 22.7 Å². The predicted molar refractivity (Wildman–Crippen MR) is 108 cm³/mol. The molecule has 156 valence electrons. The van der Waals surface area contributed by atoms with Crippen molar-refractivity contribution in [2.24, 2.45) is 0 Å². The van der Waals surface area contributed by atoms with Crippen LogP contribution in [0.15, 0.2) is 60.5 Å². The quantitative estimate of drug-likeness (QED) is 0.729. The lowest BCUT2D eigenvalue weighted by molar-refractivity contribution is -0.286. The number of pyridine rings is 1. The molecular weight excluding hydrogens is 416 g/mol. The smallest absolute Gasteiger partial charge is 0.395 e. The predicted octanol–water partition coefficient (Wildman–Crippen LogP) is 4.43. The molecule has 0 saturated heterocycles. The highest BCUT2D eigenvalue weighted by Crippen LogP contribution is 2.45. The average molecular weight is 434 g/mol. The summed E-state index contributed by atoms with van der Waals surface area (Å²) in [6.45, 7) is 2.46.